The Labute approximate surface area is 208 Å². The lowest BCUT2D eigenvalue weighted by molar-refractivity contribution is -0.137. The number of alkyl halides is 3. The number of sulfonamides is 1. The number of halogens is 3. The Morgan fingerprint density at radius 3 is 2.42 bits per heavy atom. The molecule has 0 aliphatic rings. The van der Waals surface area contributed by atoms with Gasteiger partial charge in [-0.25, -0.2) is 8.42 Å². The number of amides is 1. The lowest BCUT2D eigenvalue weighted by Gasteiger charge is -2.25. The molecule has 0 saturated heterocycles. The average molecular weight is 536 g/mol. The quantitative estimate of drug-likeness (QED) is 0.386. The number of aromatic nitrogens is 1. The van der Waals surface area contributed by atoms with Gasteiger partial charge in [0.1, 0.15) is 6.54 Å². The zero-order valence-corrected chi connectivity index (χ0v) is 20.7. The van der Waals surface area contributed by atoms with Gasteiger partial charge in [0.05, 0.1) is 26.4 Å². The van der Waals surface area contributed by atoms with Crippen LogP contribution in [0.4, 0.5) is 24.5 Å². The van der Waals surface area contributed by atoms with Gasteiger partial charge in [0.2, 0.25) is 5.91 Å². The summed E-state index contributed by atoms with van der Waals surface area (Å²) in [5.41, 5.74) is 0.406. The fraction of sp³-hybridized carbons (Fsp3) is 0.167. The fourth-order valence-corrected chi connectivity index (χ4v) is 5.86. The minimum absolute atomic E-state index is 0.172. The first kappa shape index (κ1) is 25.5. The zero-order valence-electron chi connectivity index (χ0n) is 19.0. The van der Waals surface area contributed by atoms with Crippen LogP contribution < -0.4 is 14.5 Å². The van der Waals surface area contributed by atoms with Crippen molar-refractivity contribution < 1.29 is 26.4 Å². The van der Waals surface area contributed by atoms with E-state index in [0.717, 1.165) is 29.0 Å². The Kier molecular flexibility index (Phi) is 6.67. The molecule has 3 aromatic carbocycles. The SMILES string of the molecule is Cc1ccc(S(=O)(=O)N(CC(=O)Nc2ccc3c(c2)sc(=O)n3C)c2cccc(C(F)(F)F)c2)cc1. The van der Waals surface area contributed by atoms with Crippen molar-refractivity contribution in [1.82, 2.24) is 4.57 Å². The molecule has 1 amide bonds. The Morgan fingerprint density at radius 1 is 1.06 bits per heavy atom. The van der Waals surface area contributed by atoms with Gasteiger partial charge in [-0.3, -0.25) is 13.9 Å². The van der Waals surface area contributed by atoms with Gasteiger partial charge in [-0.1, -0.05) is 35.1 Å². The summed E-state index contributed by atoms with van der Waals surface area (Å²) < 4.78 is 69.6. The third-order valence-electron chi connectivity index (χ3n) is 5.43. The van der Waals surface area contributed by atoms with E-state index >= 15 is 0 Å². The van der Waals surface area contributed by atoms with Gasteiger partial charge < -0.3 is 9.88 Å². The molecule has 36 heavy (non-hydrogen) atoms. The first-order chi connectivity index (χ1) is 16.9. The van der Waals surface area contributed by atoms with E-state index in [2.05, 4.69) is 5.32 Å². The monoisotopic (exact) mass is 535 g/mol. The minimum Gasteiger partial charge on any atom is -0.324 e. The smallest absolute Gasteiger partial charge is 0.324 e. The summed E-state index contributed by atoms with van der Waals surface area (Å²) in [6.07, 6.45) is -4.70. The summed E-state index contributed by atoms with van der Waals surface area (Å²) >= 11 is 0.981. The fourth-order valence-electron chi connectivity index (χ4n) is 3.53. The standard InChI is InChI=1S/C24H20F3N3O4S2/c1-15-6-9-19(10-7-15)36(33,34)30(18-5-3-4-16(12-18)24(25,26)27)14-22(31)28-17-8-11-20-21(13-17)35-23(32)29(20)2/h3-13H,14H2,1-2H3,(H,28,31). The van der Waals surface area contributed by atoms with Crippen molar-refractivity contribution >= 4 is 48.9 Å². The number of hydrogen-bond donors (Lipinski definition) is 1. The highest BCUT2D eigenvalue weighted by atomic mass is 32.2. The second-order valence-electron chi connectivity index (χ2n) is 8.03. The van der Waals surface area contributed by atoms with Crippen LogP contribution in [0.1, 0.15) is 11.1 Å². The summed E-state index contributed by atoms with van der Waals surface area (Å²) in [5.74, 6) is -0.772. The van der Waals surface area contributed by atoms with Crippen LogP contribution in [0.15, 0.2) is 76.4 Å². The molecule has 1 heterocycles. The maximum Gasteiger partial charge on any atom is 0.416 e. The van der Waals surface area contributed by atoms with Crippen molar-refractivity contribution in [1.29, 1.82) is 0 Å². The summed E-state index contributed by atoms with van der Waals surface area (Å²) in [4.78, 5) is 24.4. The molecule has 4 aromatic rings. The zero-order chi connectivity index (χ0) is 26.3. The first-order valence-electron chi connectivity index (χ1n) is 10.5. The van der Waals surface area contributed by atoms with Crippen molar-refractivity contribution in [3.63, 3.8) is 0 Å². The normalized spacial score (nSPS) is 12.0. The molecule has 0 spiro atoms. The Morgan fingerprint density at radius 2 is 1.75 bits per heavy atom. The average Bonchev–Trinajstić information content (AvgIpc) is 3.10. The van der Waals surface area contributed by atoms with Crippen LogP contribution in [0.25, 0.3) is 10.2 Å². The highest BCUT2D eigenvalue weighted by Gasteiger charge is 2.33. The van der Waals surface area contributed by atoms with Crippen LogP contribution in [0, 0.1) is 6.92 Å². The third kappa shape index (κ3) is 5.14. The van der Waals surface area contributed by atoms with E-state index in [1.165, 1.54) is 22.8 Å². The molecule has 1 aromatic heterocycles. The van der Waals surface area contributed by atoms with Crippen LogP contribution >= 0.6 is 11.3 Å². The van der Waals surface area contributed by atoms with Crippen LogP contribution in [-0.2, 0) is 28.0 Å². The number of thiazole rings is 1. The largest absolute Gasteiger partial charge is 0.416 e. The lowest BCUT2D eigenvalue weighted by Crippen LogP contribution is -2.38. The third-order valence-corrected chi connectivity index (χ3v) is 8.22. The molecule has 0 unspecified atom stereocenters. The molecule has 0 saturated carbocycles. The maximum atomic E-state index is 13.4. The molecule has 1 N–H and O–H groups in total. The van der Waals surface area contributed by atoms with Gasteiger partial charge in [0.25, 0.3) is 10.0 Å². The number of benzene rings is 3. The van der Waals surface area contributed by atoms with Crippen LogP contribution in [-0.4, -0.2) is 25.4 Å². The Hall–Kier alpha value is -3.64. The van der Waals surface area contributed by atoms with Crippen molar-refractivity contribution in [2.24, 2.45) is 7.05 Å². The number of carbonyl (C=O) groups excluding carboxylic acids is 1. The van der Waals surface area contributed by atoms with Crippen LogP contribution in [0.5, 0.6) is 0 Å². The van der Waals surface area contributed by atoms with Crippen molar-refractivity contribution in [3.8, 4) is 0 Å². The predicted octanol–water partition coefficient (Wildman–Crippen LogP) is 4.76. The highest BCUT2D eigenvalue weighted by molar-refractivity contribution is 7.92. The number of rotatable bonds is 6. The molecule has 0 radical (unpaired) electrons. The molecule has 0 bridgehead atoms. The Balaban J connectivity index is 1.70. The van der Waals surface area contributed by atoms with Gasteiger partial charge >= 0.3 is 11.0 Å². The minimum atomic E-state index is -4.70. The molecule has 0 fully saturated rings. The number of anilines is 2. The number of nitrogens with one attached hydrogen (secondary N) is 1. The molecule has 7 nitrogen and oxygen atoms in total. The molecule has 0 aliphatic heterocycles. The molecular formula is C24H20F3N3O4S2. The molecule has 12 heteroatoms. The number of hydrogen-bond acceptors (Lipinski definition) is 5. The summed E-state index contributed by atoms with van der Waals surface area (Å²) in [7, 11) is -2.78. The van der Waals surface area contributed by atoms with Crippen molar-refractivity contribution in [3.05, 3.63) is 87.5 Å². The maximum absolute atomic E-state index is 13.4. The number of aryl methyl sites for hydroxylation is 2. The first-order valence-corrected chi connectivity index (χ1v) is 12.8. The second kappa shape index (κ2) is 9.43. The van der Waals surface area contributed by atoms with E-state index in [1.54, 1.807) is 44.3 Å². The van der Waals surface area contributed by atoms with Crippen molar-refractivity contribution in [2.45, 2.75) is 18.0 Å². The summed E-state index contributed by atoms with van der Waals surface area (Å²) in [6.45, 7) is 0.981. The van der Waals surface area contributed by atoms with E-state index in [1.807, 2.05) is 0 Å². The Bertz CT molecular complexity index is 1610. The summed E-state index contributed by atoms with van der Waals surface area (Å²) in [6, 6.07) is 14.3. The van der Waals surface area contributed by atoms with Crippen LogP contribution in [0.2, 0.25) is 0 Å². The van der Waals surface area contributed by atoms with Gasteiger partial charge in [0, 0.05) is 12.7 Å². The van der Waals surface area contributed by atoms with Gasteiger partial charge in [-0.2, -0.15) is 13.2 Å². The van der Waals surface area contributed by atoms with E-state index < -0.39 is 34.2 Å². The van der Waals surface area contributed by atoms with Crippen molar-refractivity contribution in [2.75, 3.05) is 16.2 Å². The number of nitrogens with zero attached hydrogens (tertiary/aromatic N) is 2. The van der Waals surface area contributed by atoms with Gasteiger partial charge in [-0.05, 0) is 55.5 Å². The molecule has 4 rings (SSSR count). The topological polar surface area (TPSA) is 88.5 Å². The van der Waals surface area contributed by atoms with E-state index in [0.29, 0.717) is 26.3 Å². The van der Waals surface area contributed by atoms with E-state index in [-0.39, 0.29) is 15.5 Å². The van der Waals surface area contributed by atoms with E-state index in [4.69, 9.17) is 0 Å². The van der Waals surface area contributed by atoms with Gasteiger partial charge in [-0.15, -0.1) is 0 Å². The molecular weight excluding hydrogens is 515 g/mol. The van der Waals surface area contributed by atoms with Crippen LogP contribution in [0.3, 0.4) is 0 Å². The number of fused-ring (bicyclic) bond motifs is 1. The van der Waals surface area contributed by atoms with Gasteiger partial charge in [0.15, 0.2) is 0 Å². The highest BCUT2D eigenvalue weighted by Crippen LogP contribution is 2.33. The molecule has 188 valence electrons. The lowest BCUT2D eigenvalue weighted by atomic mass is 10.2. The number of carbonyl (C=O) groups is 1. The van der Waals surface area contributed by atoms with E-state index in [9.17, 15) is 31.2 Å². The summed E-state index contributed by atoms with van der Waals surface area (Å²) in [5, 5.41) is 2.57. The second-order valence-corrected chi connectivity index (χ2v) is 10.9. The molecule has 0 aliphatic carbocycles. The molecule has 0 atom stereocenters. The predicted molar refractivity (Wildman–Crippen MR) is 133 cm³/mol.